The third-order valence-corrected chi connectivity index (χ3v) is 4.68. The molecule has 0 aliphatic carbocycles. The van der Waals surface area contributed by atoms with E-state index in [1.807, 2.05) is 55.5 Å². The van der Waals surface area contributed by atoms with E-state index in [9.17, 15) is 9.59 Å². The van der Waals surface area contributed by atoms with Gasteiger partial charge in [0.05, 0.1) is 16.7 Å². The molecule has 0 saturated carbocycles. The Morgan fingerprint density at radius 2 is 2.04 bits per heavy atom. The Balaban J connectivity index is 1.49. The molecule has 0 aliphatic rings. The van der Waals surface area contributed by atoms with Crippen LogP contribution in [0.1, 0.15) is 12.0 Å². The number of hydrogen-bond acceptors (Lipinski definition) is 4. The van der Waals surface area contributed by atoms with Crippen molar-refractivity contribution in [3.05, 3.63) is 64.4 Å². The van der Waals surface area contributed by atoms with Crippen LogP contribution in [0, 0.1) is 6.92 Å². The number of fused-ring (bicyclic) bond motifs is 1. The lowest BCUT2D eigenvalue weighted by molar-refractivity contribution is 0.158. The number of carbonyl (C=O) groups is 1. The molecule has 0 fully saturated rings. The van der Waals surface area contributed by atoms with Gasteiger partial charge in [-0.2, -0.15) is 0 Å². The number of benzene rings is 2. The second-order valence-corrected chi connectivity index (χ2v) is 6.54. The largest absolute Gasteiger partial charge is 0.449 e. The van der Waals surface area contributed by atoms with Gasteiger partial charge in [0.2, 0.25) is 0 Å². The molecule has 124 valence electrons. The molecule has 0 atom stereocenters. The van der Waals surface area contributed by atoms with Crippen LogP contribution in [0.2, 0.25) is 0 Å². The van der Waals surface area contributed by atoms with Gasteiger partial charge in [0.25, 0.3) is 5.56 Å². The maximum absolute atomic E-state index is 12.2. The zero-order valence-corrected chi connectivity index (χ0v) is 14.1. The zero-order valence-electron chi connectivity index (χ0n) is 13.3. The molecule has 3 aromatic rings. The summed E-state index contributed by atoms with van der Waals surface area (Å²) in [5, 5.41) is 3.42. The van der Waals surface area contributed by atoms with E-state index in [0.717, 1.165) is 15.6 Å². The Morgan fingerprint density at radius 1 is 1.21 bits per heavy atom. The first-order chi connectivity index (χ1) is 11.6. The van der Waals surface area contributed by atoms with Crippen LogP contribution in [0.5, 0.6) is 0 Å². The molecule has 24 heavy (non-hydrogen) atoms. The fraction of sp³-hybridized carbons (Fsp3) is 0.222. The minimum Gasteiger partial charge on any atom is -0.449 e. The molecule has 2 aromatic carbocycles. The van der Waals surface area contributed by atoms with E-state index in [1.54, 1.807) is 3.96 Å². The molecule has 3 rings (SSSR count). The number of aryl methyl sites for hydroxylation is 2. The lowest BCUT2D eigenvalue weighted by Gasteiger charge is -2.07. The van der Waals surface area contributed by atoms with Crippen molar-refractivity contribution in [3.8, 4) is 0 Å². The third kappa shape index (κ3) is 3.83. The second kappa shape index (κ2) is 7.31. The fourth-order valence-electron chi connectivity index (χ4n) is 2.41. The number of nitrogens with zero attached hydrogens (tertiary/aromatic N) is 1. The summed E-state index contributed by atoms with van der Waals surface area (Å²) in [6, 6.07) is 15.1. The average Bonchev–Trinajstić information content (AvgIpc) is 2.88. The summed E-state index contributed by atoms with van der Waals surface area (Å²) in [6.07, 6.45) is 0.109. The molecule has 1 N–H and O–H groups in total. The van der Waals surface area contributed by atoms with Gasteiger partial charge >= 0.3 is 6.09 Å². The van der Waals surface area contributed by atoms with Crippen molar-refractivity contribution >= 4 is 33.4 Å². The van der Waals surface area contributed by atoms with Crippen LogP contribution >= 0.6 is 11.5 Å². The number of ether oxygens (including phenoxy) is 1. The Kier molecular flexibility index (Phi) is 4.96. The van der Waals surface area contributed by atoms with Gasteiger partial charge in [-0.25, -0.2) is 4.79 Å². The smallest absolute Gasteiger partial charge is 0.411 e. The quantitative estimate of drug-likeness (QED) is 0.713. The van der Waals surface area contributed by atoms with E-state index in [1.165, 1.54) is 11.5 Å². The normalized spacial score (nSPS) is 10.7. The Bertz CT molecular complexity index is 914. The van der Waals surface area contributed by atoms with E-state index in [0.29, 0.717) is 18.7 Å². The van der Waals surface area contributed by atoms with Gasteiger partial charge in [-0.3, -0.25) is 14.1 Å². The first kappa shape index (κ1) is 16.3. The van der Waals surface area contributed by atoms with Crippen molar-refractivity contribution in [1.82, 2.24) is 3.96 Å². The van der Waals surface area contributed by atoms with Crippen LogP contribution in [0.3, 0.4) is 0 Å². The summed E-state index contributed by atoms with van der Waals surface area (Å²) in [7, 11) is 0. The topological polar surface area (TPSA) is 60.3 Å². The second-order valence-electron chi connectivity index (χ2n) is 5.48. The number of hydrogen-bond donors (Lipinski definition) is 1. The molecule has 0 spiro atoms. The third-order valence-electron chi connectivity index (χ3n) is 3.56. The van der Waals surface area contributed by atoms with Crippen molar-refractivity contribution in [1.29, 1.82) is 0 Å². The minimum absolute atomic E-state index is 0.0137. The molecular weight excluding hydrogens is 324 g/mol. The number of aromatic nitrogens is 1. The van der Waals surface area contributed by atoms with Gasteiger partial charge < -0.3 is 4.74 Å². The molecule has 0 bridgehead atoms. The average molecular weight is 342 g/mol. The highest BCUT2D eigenvalue weighted by atomic mass is 32.1. The van der Waals surface area contributed by atoms with Gasteiger partial charge in [-0.05, 0) is 36.8 Å². The van der Waals surface area contributed by atoms with Crippen LogP contribution in [0.4, 0.5) is 10.5 Å². The first-order valence-electron chi connectivity index (χ1n) is 7.73. The Labute approximate surface area is 143 Å². The zero-order chi connectivity index (χ0) is 16.9. The molecule has 0 aliphatic heterocycles. The van der Waals surface area contributed by atoms with Crippen LogP contribution in [-0.2, 0) is 11.3 Å². The fourth-order valence-corrected chi connectivity index (χ4v) is 3.45. The highest BCUT2D eigenvalue weighted by Crippen LogP contribution is 2.16. The van der Waals surface area contributed by atoms with Gasteiger partial charge in [-0.15, -0.1) is 0 Å². The lowest BCUT2D eigenvalue weighted by atomic mass is 10.2. The van der Waals surface area contributed by atoms with Gasteiger partial charge in [-0.1, -0.05) is 35.8 Å². The summed E-state index contributed by atoms with van der Waals surface area (Å²) >= 11 is 1.44. The standard InChI is InChI=1S/C18H18N2O3S/c1-13-6-4-7-14(12-13)19-18(22)23-11-5-10-20-17(21)15-8-2-3-9-16(15)24-20/h2-4,6-9,12H,5,10-11H2,1H3,(H,19,22). The summed E-state index contributed by atoms with van der Waals surface area (Å²) in [6.45, 7) is 2.76. The predicted molar refractivity (Wildman–Crippen MR) is 96.9 cm³/mol. The van der Waals surface area contributed by atoms with Crippen LogP contribution < -0.4 is 10.9 Å². The van der Waals surface area contributed by atoms with Crippen LogP contribution in [0.25, 0.3) is 10.1 Å². The monoisotopic (exact) mass is 342 g/mol. The SMILES string of the molecule is Cc1cccc(NC(=O)OCCCn2sc3ccccc3c2=O)c1. The lowest BCUT2D eigenvalue weighted by Crippen LogP contribution is -2.17. The Hall–Kier alpha value is -2.60. The van der Waals surface area contributed by atoms with Crippen molar-refractivity contribution < 1.29 is 9.53 Å². The van der Waals surface area contributed by atoms with Crippen LogP contribution in [-0.4, -0.2) is 16.7 Å². The highest BCUT2D eigenvalue weighted by molar-refractivity contribution is 7.13. The molecular formula is C18H18N2O3S. The van der Waals surface area contributed by atoms with Gasteiger partial charge in [0.15, 0.2) is 0 Å². The van der Waals surface area contributed by atoms with Crippen molar-refractivity contribution in [3.63, 3.8) is 0 Å². The van der Waals surface area contributed by atoms with E-state index in [-0.39, 0.29) is 12.2 Å². The molecule has 6 heteroatoms. The molecule has 0 saturated heterocycles. The van der Waals surface area contributed by atoms with Crippen LogP contribution in [0.15, 0.2) is 53.3 Å². The van der Waals surface area contributed by atoms with E-state index in [2.05, 4.69) is 5.32 Å². The molecule has 0 radical (unpaired) electrons. The Morgan fingerprint density at radius 3 is 2.83 bits per heavy atom. The minimum atomic E-state index is -0.482. The molecule has 0 unspecified atom stereocenters. The number of nitrogens with one attached hydrogen (secondary N) is 1. The van der Waals surface area contributed by atoms with Crippen molar-refractivity contribution in [2.24, 2.45) is 0 Å². The number of rotatable bonds is 5. The van der Waals surface area contributed by atoms with E-state index >= 15 is 0 Å². The summed E-state index contributed by atoms with van der Waals surface area (Å²) in [4.78, 5) is 23.9. The molecule has 1 aromatic heterocycles. The van der Waals surface area contributed by atoms with Gasteiger partial charge in [0, 0.05) is 18.7 Å². The predicted octanol–water partition coefficient (Wildman–Crippen LogP) is 4.01. The summed E-state index contributed by atoms with van der Waals surface area (Å²) < 4.78 is 7.83. The van der Waals surface area contributed by atoms with E-state index in [4.69, 9.17) is 4.74 Å². The van der Waals surface area contributed by atoms with Crippen molar-refractivity contribution in [2.45, 2.75) is 19.9 Å². The molecule has 1 amide bonds. The number of anilines is 1. The maximum atomic E-state index is 12.2. The first-order valence-corrected chi connectivity index (χ1v) is 8.50. The molecule has 5 nitrogen and oxygen atoms in total. The number of amides is 1. The van der Waals surface area contributed by atoms with Gasteiger partial charge in [0.1, 0.15) is 0 Å². The molecule has 1 heterocycles. The summed E-state index contributed by atoms with van der Waals surface area (Å²) in [5.74, 6) is 0. The highest BCUT2D eigenvalue weighted by Gasteiger charge is 2.07. The number of carbonyl (C=O) groups excluding carboxylic acids is 1. The summed E-state index contributed by atoms with van der Waals surface area (Å²) in [5.41, 5.74) is 1.79. The maximum Gasteiger partial charge on any atom is 0.411 e. The van der Waals surface area contributed by atoms with Crippen molar-refractivity contribution in [2.75, 3.05) is 11.9 Å². The van der Waals surface area contributed by atoms with E-state index < -0.39 is 6.09 Å².